The molecule has 0 bridgehead atoms. The van der Waals surface area contributed by atoms with Crippen LogP contribution in [0, 0.1) is 3.57 Å². The zero-order valence-corrected chi connectivity index (χ0v) is 23.5. The van der Waals surface area contributed by atoms with Gasteiger partial charge in [0.25, 0.3) is 11.8 Å². The molecule has 1 N–H and O–H groups in total. The van der Waals surface area contributed by atoms with Crippen LogP contribution in [0.15, 0.2) is 70.7 Å². The number of halogens is 2. The molecule has 1 heterocycles. The van der Waals surface area contributed by atoms with Crippen LogP contribution in [0.5, 0.6) is 5.75 Å². The summed E-state index contributed by atoms with van der Waals surface area (Å²) in [6.45, 7) is 0. The first-order valence-corrected chi connectivity index (χ1v) is 12.8. The summed E-state index contributed by atoms with van der Waals surface area (Å²) in [7, 11) is 2.81. The predicted octanol–water partition coefficient (Wildman–Crippen LogP) is 5.11. The second-order valence-electron chi connectivity index (χ2n) is 7.95. The molecule has 0 aromatic heterocycles. The Kier molecular flexibility index (Phi) is 8.08. The summed E-state index contributed by atoms with van der Waals surface area (Å²) in [5, 5.41) is 2.20. The molecule has 3 aromatic rings. The minimum Gasteiger partial charge on any atom is -0.496 e. The van der Waals surface area contributed by atoms with Gasteiger partial charge in [0.1, 0.15) is 11.3 Å². The number of amides is 4. The number of ether oxygens (including phenoxy) is 2. The van der Waals surface area contributed by atoms with E-state index in [0.717, 1.165) is 24.1 Å². The molecular formula is C27H20BrIN2O6. The van der Waals surface area contributed by atoms with Crippen molar-refractivity contribution in [2.24, 2.45) is 0 Å². The topological polar surface area (TPSA) is 102 Å². The minimum atomic E-state index is -0.881. The van der Waals surface area contributed by atoms with Crippen LogP contribution in [0.25, 0.3) is 6.08 Å². The van der Waals surface area contributed by atoms with E-state index in [-0.39, 0.29) is 16.8 Å². The van der Waals surface area contributed by atoms with Gasteiger partial charge in [0.05, 0.1) is 25.5 Å². The summed E-state index contributed by atoms with van der Waals surface area (Å²) in [5.41, 5.74) is 2.84. The SMILES string of the molecule is COC(=O)c1ccc(N2C(=O)NC(=O)/C(=C\c3cc(I)c(Cc4ccccc4Br)c(OC)c3)C2=O)cc1. The fraction of sp³-hybridized carbons (Fsp3) is 0.111. The number of nitrogens with one attached hydrogen (secondary N) is 1. The van der Waals surface area contributed by atoms with Gasteiger partial charge >= 0.3 is 12.0 Å². The molecule has 188 valence electrons. The summed E-state index contributed by atoms with van der Waals surface area (Å²) in [6, 6.07) is 16.3. The van der Waals surface area contributed by atoms with Crippen LogP contribution in [-0.2, 0) is 20.7 Å². The molecule has 0 unspecified atom stereocenters. The highest BCUT2D eigenvalue weighted by Crippen LogP contribution is 2.32. The monoisotopic (exact) mass is 674 g/mol. The van der Waals surface area contributed by atoms with Crippen molar-refractivity contribution in [3.05, 3.63) is 96.5 Å². The lowest BCUT2D eigenvalue weighted by molar-refractivity contribution is -0.122. The van der Waals surface area contributed by atoms with Crippen LogP contribution in [0.3, 0.4) is 0 Å². The van der Waals surface area contributed by atoms with Crippen LogP contribution in [0.1, 0.15) is 27.0 Å². The van der Waals surface area contributed by atoms with E-state index in [4.69, 9.17) is 4.74 Å². The van der Waals surface area contributed by atoms with Crippen LogP contribution in [0.2, 0.25) is 0 Å². The Hall–Kier alpha value is -3.51. The maximum atomic E-state index is 13.3. The quantitative estimate of drug-likeness (QED) is 0.169. The lowest BCUT2D eigenvalue weighted by Gasteiger charge is -2.26. The second kappa shape index (κ2) is 11.3. The molecule has 4 rings (SSSR count). The van der Waals surface area contributed by atoms with Crippen molar-refractivity contribution in [3.63, 3.8) is 0 Å². The number of carbonyl (C=O) groups excluding carboxylic acids is 4. The summed E-state index contributed by atoms with van der Waals surface area (Å²) in [4.78, 5) is 50.9. The van der Waals surface area contributed by atoms with Crippen LogP contribution in [-0.4, -0.2) is 38.0 Å². The molecule has 1 aliphatic rings. The van der Waals surface area contributed by atoms with E-state index in [1.54, 1.807) is 13.2 Å². The highest BCUT2D eigenvalue weighted by atomic mass is 127. The maximum absolute atomic E-state index is 13.3. The summed E-state index contributed by atoms with van der Waals surface area (Å²) >= 11 is 5.77. The number of esters is 1. The van der Waals surface area contributed by atoms with Crippen LogP contribution in [0.4, 0.5) is 10.5 Å². The van der Waals surface area contributed by atoms with E-state index in [0.29, 0.717) is 17.7 Å². The Bertz CT molecular complexity index is 1450. The van der Waals surface area contributed by atoms with Gasteiger partial charge in [-0.05, 0) is 82.3 Å². The Morgan fingerprint density at radius 2 is 1.76 bits per heavy atom. The lowest BCUT2D eigenvalue weighted by Crippen LogP contribution is -2.54. The molecule has 0 radical (unpaired) electrons. The van der Waals surface area contributed by atoms with Crippen LogP contribution >= 0.6 is 38.5 Å². The number of hydrogen-bond acceptors (Lipinski definition) is 6. The highest BCUT2D eigenvalue weighted by Gasteiger charge is 2.37. The largest absolute Gasteiger partial charge is 0.496 e. The predicted molar refractivity (Wildman–Crippen MR) is 149 cm³/mol. The van der Waals surface area contributed by atoms with E-state index in [1.807, 2.05) is 30.3 Å². The van der Waals surface area contributed by atoms with Crippen molar-refractivity contribution in [1.29, 1.82) is 0 Å². The molecule has 1 aliphatic heterocycles. The third-order valence-electron chi connectivity index (χ3n) is 5.68. The first-order chi connectivity index (χ1) is 17.7. The van der Waals surface area contributed by atoms with Gasteiger partial charge in [-0.1, -0.05) is 34.1 Å². The number of rotatable bonds is 6. The Morgan fingerprint density at radius 3 is 2.41 bits per heavy atom. The van der Waals surface area contributed by atoms with Crippen molar-refractivity contribution in [3.8, 4) is 5.75 Å². The number of imide groups is 2. The van der Waals surface area contributed by atoms with Gasteiger partial charge < -0.3 is 9.47 Å². The first-order valence-electron chi connectivity index (χ1n) is 10.9. The molecule has 0 atom stereocenters. The molecule has 1 fully saturated rings. The molecule has 4 amide bonds. The molecule has 1 saturated heterocycles. The van der Waals surface area contributed by atoms with E-state index < -0.39 is 23.8 Å². The van der Waals surface area contributed by atoms with Crippen molar-refractivity contribution in [1.82, 2.24) is 5.32 Å². The Labute approximate surface area is 234 Å². The summed E-state index contributed by atoms with van der Waals surface area (Å²) < 4.78 is 12.2. The van der Waals surface area contributed by atoms with Gasteiger partial charge in [0, 0.05) is 20.0 Å². The Morgan fingerprint density at radius 1 is 1.05 bits per heavy atom. The zero-order valence-electron chi connectivity index (χ0n) is 19.7. The molecular weight excluding hydrogens is 655 g/mol. The Balaban J connectivity index is 1.68. The number of urea groups is 1. The standard InChI is InChI=1S/C27H20BrIN2O6/c1-36-23-13-15(12-22(29)19(23)14-17-5-3-4-6-21(17)28)11-20-24(32)30-27(35)31(25(20)33)18-9-7-16(8-10-18)26(34)37-2/h3-13H,14H2,1-2H3,(H,30,32,35)/b20-11+. The maximum Gasteiger partial charge on any atom is 0.337 e. The molecule has 0 aliphatic carbocycles. The normalized spacial score (nSPS) is 14.5. The third kappa shape index (κ3) is 5.59. The fourth-order valence-electron chi connectivity index (χ4n) is 3.82. The third-order valence-corrected chi connectivity index (χ3v) is 7.42. The van der Waals surface area contributed by atoms with Gasteiger partial charge in [-0.3, -0.25) is 14.9 Å². The second-order valence-corrected chi connectivity index (χ2v) is 9.96. The van der Waals surface area contributed by atoms with E-state index >= 15 is 0 Å². The van der Waals surface area contributed by atoms with Gasteiger partial charge in [-0.25, -0.2) is 14.5 Å². The molecule has 0 spiro atoms. The number of methoxy groups -OCH3 is 2. The van der Waals surface area contributed by atoms with Crippen molar-refractivity contribution in [2.45, 2.75) is 6.42 Å². The number of anilines is 1. The van der Waals surface area contributed by atoms with E-state index in [2.05, 4.69) is 48.6 Å². The number of nitrogens with zero attached hydrogens (tertiary/aromatic N) is 1. The van der Waals surface area contributed by atoms with Crippen molar-refractivity contribution >= 4 is 74.1 Å². The van der Waals surface area contributed by atoms with Crippen LogP contribution < -0.4 is 15.0 Å². The van der Waals surface area contributed by atoms with Gasteiger partial charge in [0.2, 0.25) is 0 Å². The number of benzene rings is 3. The van der Waals surface area contributed by atoms with Gasteiger partial charge in [-0.15, -0.1) is 0 Å². The lowest BCUT2D eigenvalue weighted by atomic mass is 10.0. The molecule has 10 heteroatoms. The molecule has 37 heavy (non-hydrogen) atoms. The van der Waals surface area contributed by atoms with Crippen molar-refractivity contribution in [2.75, 3.05) is 19.1 Å². The zero-order chi connectivity index (χ0) is 26.7. The molecule has 0 saturated carbocycles. The average molecular weight is 675 g/mol. The smallest absolute Gasteiger partial charge is 0.337 e. The van der Waals surface area contributed by atoms with Gasteiger partial charge in [0.15, 0.2) is 0 Å². The summed E-state index contributed by atoms with van der Waals surface area (Å²) in [6.07, 6.45) is 2.04. The summed E-state index contributed by atoms with van der Waals surface area (Å²) in [5.74, 6) is -1.54. The number of carbonyl (C=O) groups is 4. The minimum absolute atomic E-state index is 0.199. The number of barbiturate groups is 1. The average Bonchev–Trinajstić information content (AvgIpc) is 2.88. The fourth-order valence-corrected chi connectivity index (χ4v) is 5.06. The van der Waals surface area contributed by atoms with Gasteiger partial charge in [-0.2, -0.15) is 0 Å². The molecule has 3 aromatic carbocycles. The molecule has 8 nitrogen and oxygen atoms in total. The van der Waals surface area contributed by atoms with E-state index in [9.17, 15) is 19.2 Å². The first kappa shape index (κ1) is 26.6. The highest BCUT2D eigenvalue weighted by molar-refractivity contribution is 14.1. The number of hydrogen-bond donors (Lipinski definition) is 1. The van der Waals surface area contributed by atoms with E-state index in [1.165, 1.54) is 37.5 Å². The van der Waals surface area contributed by atoms with Crippen molar-refractivity contribution < 1.29 is 28.7 Å².